The van der Waals surface area contributed by atoms with E-state index in [1.807, 2.05) is 0 Å². The normalized spacial score (nSPS) is 27.4. The first-order valence-electron chi connectivity index (χ1n) is 14.5. The summed E-state index contributed by atoms with van der Waals surface area (Å²) in [5.74, 6) is -2.04. The Hall–Kier alpha value is -3.82. The molecule has 7 atom stereocenters. The third-order valence-electron chi connectivity index (χ3n) is 7.53. The summed E-state index contributed by atoms with van der Waals surface area (Å²) in [5.41, 5.74) is 1.96. The predicted molar refractivity (Wildman–Crippen MR) is 155 cm³/mol. The van der Waals surface area contributed by atoms with Gasteiger partial charge in [0.1, 0.15) is 35.9 Å². The summed E-state index contributed by atoms with van der Waals surface area (Å²) in [6.45, 7) is 0.928. The Balaban J connectivity index is 1.52. The minimum Gasteiger partial charge on any atom is -0.508 e. The van der Waals surface area contributed by atoms with Gasteiger partial charge in [-0.15, -0.1) is 0 Å². The molecule has 0 radical (unpaired) electrons. The predicted octanol–water partition coefficient (Wildman–Crippen LogP) is 0.628. The fraction of sp³-hybridized carbons (Fsp3) is 0.438. The number of rotatable bonds is 12. The Kier molecular flexibility index (Phi) is 12.1. The van der Waals surface area contributed by atoms with E-state index in [1.54, 1.807) is 49.4 Å². The smallest absolute Gasteiger partial charge is 0.337 e. The standard InChI is InChI=1S/C32H38O13/c1-2-22-23(15-26(36)43-21-9-5-18(6-10-21)11-13-33)24(30(40)41-14-12-19-3-7-20(35)8-4-19)17-42-31(22)45-32-29(39)28(38)27(37)25(16-34)44-32/h2-10,17,23,25,27-29,31-35,37-39H,11-16H2,1H3. The zero-order valence-corrected chi connectivity index (χ0v) is 24.6. The van der Waals surface area contributed by atoms with Gasteiger partial charge in [-0.3, -0.25) is 4.79 Å². The van der Waals surface area contributed by atoms with E-state index >= 15 is 0 Å². The number of esters is 2. The first-order valence-corrected chi connectivity index (χ1v) is 14.5. The number of benzene rings is 2. The number of phenolic OH excluding ortho intramolecular Hbond substituents is 1. The second-order valence-electron chi connectivity index (χ2n) is 10.6. The Morgan fingerprint density at radius 1 is 0.911 bits per heavy atom. The number of ether oxygens (including phenoxy) is 5. The molecule has 1 fully saturated rings. The van der Waals surface area contributed by atoms with Gasteiger partial charge in [-0.1, -0.05) is 30.3 Å². The minimum absolute atomic E-state index is 0.00213. The average molecular weight is 631 g/mol. The zero-order valence-electron chi connectivity index (χ0n) is 24.6. The van der Waals surface area contributed by atoms with E-state index in [2.05, 4.69) is 0 Å². The van der Waals surface area contributed by atoms with Gasteiger partial charge in [0.05, 0.1) is 31.5 Å². The van der Waals surface area contributed by atoms with Crippen LogP contribution in [0.3, 0.4) is 0 Å². The number of aromatic hydroxyl groups is 1. The molecule has 2 aliphatic rings. The highest BCUT2D eigenvalue weighted by Crippen LogP contribution is 2.36. The third-order valence-corrected chi connectivity index (χ3v) is 7.53. The number of carbonyl (C=O) groups is 2. The lowest BCUT2D eigenvalue weighted by molar-refractivity contribution is -0.327. The first-order chi connectivity index (χ1) is 21.6. The summed E-state index contributed by atoms with van der Waals surface area (Å²) in [4.78, 5) is 26.4. The Morgan fingerprint density at radius 3 is 2.22 bits per heavy atom. The van der Waals surface area contributed by atoms with Crippen LogP contribution < -0.4 is 4.74 Å². The number of aliphatic hydroxyl groups excluding tert-OH is 5. The van der Waals surface area contributed by atoms with Crippen molar-refractivity contribution in [2.45, 2.75) is 63.2 Å². The summed E-state index contributed by atoms with van der Waals surface area (Å²) in [7, 11) is 0. The first kappa shape index (κ1) is 34.1. The topological polar surface area (TPSA) is 202 Å². The van der Waals surface area contributed by atoms with Crippen molar-refractivity contribution in [2.24, 2.45) is 5.92 Å². The van der Waals surface area contributed by atoms with Gasteiger partial charge in [-0.05, 0) is 48.7 Å². The SMILES string of the molecule is CC=C1C(OC2OC(CO)C(O)C(O)C2O)OC=C(C(=O)OCCc2ccc(O)cc2)C1CC(=O)Oc1ccc(CCO)cc1. The maximum Gasteiger partial charge on any atom is 0.337 e. The van der Waals surface area contributed by atoms with Gasteiger partial charge in [0, 0.05) is 24.5 Å². The van der Waals surface area contributed by atoms with Crippen molar-refractivity contribution in [3.63, 3.8) is 0 Å². The Labute approximate surface area is 259 Å². The van der Waals surface area contributed by atoms with Crippen LogP contribution in [0.4, 0.5) is 0 Å². The molecule has 1 saturated heterocycles. The highest BCUT2D eigenvalue weighted by atomic mass is 16.8. The van der Waals surface area contributed by atoms with Crippen molar-refractivity contribution in [3.8, 4) is 11.5 Å². The van der Waals surface area contributed by atoms with E-state index in [4.69, 9.17) is 28.8 Å². The van der Waals surface area contributed by atoms with Gasteiger partial charge < -0.3 is 54.3 Å². The van der Waals surface area contributed by atoms with Crippen molar-refractivity contribution in [1.82, 2.24) is 0 Å². The second kappa shape index (κ2) is 16.0. The van der Waals surface area contributed by atoms with Crippen LogP contribution in [0.1, 0.15) is 24.5 Å². The minimum atomic E-state index is -1.71. The molecule has 0 aromatic heterocycles. The van der Waals surface area contributed by atoms with Crippen LogP contribution in [-0.4, -0.2) is 99.4 Å². The Bertz CT molecular complexity index is 1340. The molecule has 7 unspecified atom stereocenters. The van der Waals surface area contributed by atoms with Crippen LogP contribution in [0.25, 0.3) is 0 Å². The highest BCUT2D eigenvalue weighted by Gasteiger charge is 2.47. The van der Waals surface area contributed by atoms with Crippen molar-refractivity contribution >= 4 is 11.9 Å². The van der Waals surface area contributed by atoms with E-state index < -0.39 is 61.5 Å². The third kappa shape index (κ3) is 8.67. The maximum absolute atomic E-state index is 13.3. The van der Waals surface area contributed by atoms with Crippen LogP contribution in [0.15, 0.2) is 72.0 Å². The fourth-order valence-corrected chi connectivity index (χ4v) is 5.01. The van der Waals surface area contributed by atoms with Gasteiger partial charge in [0.15, 0.2) is 6.29 Å². The van der Waals surface area contributed by atoms with Gasteiger partial charge >= 0.3 is 11.9 Å². The number of hydrogen-bond acceptors (Lipinski definition) is 13. The van der Waals surface area contributed by atoms with E-state index in [1.165, 1.54) is 12.1 Å². The summed E-state index contributed by atoms with van der Waals surface area (Å²) in [5, 5.41) is 58.9. The van der Waals surface area contributed by atoms with Gasteiger partial charge in [-0.2, -0.15) is 0 Å². The Morgan fingerprint density at radius 2 is 1.58 bits per heavy atom. The highest BCUT2D eigenvalue weighted by molar-refractivity contribution is 5.91. The van der Waals surface area contributed by atoms with Crippen LogP contribution in [0, 0.1) is 5.92 Å². The van der Waals surface area contributed by atoms with Crippen LogP contribution in [0.2, 0.25) is 0 Å². The summed E-state index contributed by atoms with van der Waals surface area (Å²) in [6.07, 6.45) is -5.96. The molecular formula is C32H38O13. The van der Waals surface area contributed by atoms with Crippen molar-refractivity contribution in [2.75, 3.05) is 19.8 Å². The molecule has 2 aromatic rings. The molecule has 0 bridgehead atoms. The zero-order chi connectivity index (χ0) is 32.5. The van der Waals surface area contributed by atoms with E-state index in [9.17, 15) is 35.1 Å². The molecule has 244 valence electrons. The largest absolute Gasteiger partial charge is 0.508 e. The van der Waals surface area contributed by atoms with Gasteiger partial charge in [-0.25, -0.2) is 4.79 Å². The summed E-state index contributed by atoms with van der Waals surface area (Å²) in [6, 6.07) is 13.0. The number of aliphatic hydroxyl groups is 5. The van der Waals surface area contributed by atoms with Gasteiger partial charge in [0.2, 0.25) is 6.29 Å². The van der Waals surface area contributed by atoms with Crippen molar-refractivity contribution < 1.29 is 63.9 Å². The van der Waals surface area contributed by atoms with E-state index in [0.717, 1.165) is 17.4 Å². The molecule has 6 N–H and O–H groups in total. The molecule has 13 heteroatoms. The molecule has 0 aliphatic carbocycles. The fourth-order valence-electron chi connectivity index (χ4n) is 5.01. The lowest BCUT2D eigenvalue weighted by Gasteiger charge is -2.41. The van der Waals surface area contributed by atoms with Crippen LogP contribution in [0.5, 0.6) is 11.5 Å². The van der Waals surface area contributed by atoms with Crippen molar-refractivity contribution in [1.29, 1.82) is 0 Å². The molecule has 2 aromatic carbocycles. The summed E-state index contributed by atoms with van der Waals surface area (Å²) >= 11 is 0. The van der Waals surface area contributed by atoms with Crippen LogP contribution >= 0.6 is 0 Å². The molecule has 0 spiro atoms. The molecular weight excluding hydrogens is 592 g/mol. The lowest BCUT2D eigenvalue weighted by atomic mass is 9.86. The number of allylic oxidation sites excluding steroid dienone is 1. The van der Waals surface area contributed by atoms with E-state index in [-0.39, 0.29) is 42.3 Å². The molecule has 2 heterocycles. The van der Waals surface area contributed by atoms with Gasteiger partial charge in [0.25, 0.3) is 0 Å². The van der Waals surface area contributed by atoms with Crippen molar-refractivity contribution in [3.05, 3.63) is 83.1 Å². The number of phenols is 1. The van der Waals surface area contributed by atoms with Crippen LogP contribution in [-0.2, 0) is 41.4 Å². The summed E-state index contributed by atoms with van der Waals surface area (Å²) < 4.78 is 27.9. The number of carbonyl (C=O) groups excluding carboxylic acids is 2. The molecule has 0 saturated carbocycles. The maximum atomic E-state index is 13.3. The second-order valence-corrected chi connectivity index (χ2v) is 10.6. The monoisotopic (exact) mass is 630 g/mol. The van der Waals surface area contributed by atoms with E-state index in [0.29, 0.717) is 12.8 Å². The lowest BCUT2D eigenvalue weighted by Crippen LogP contribution is -2.60. The molecule has 2 aliphatic heterocycles. The molecule has 4 rings (SSSR count). The average Bonchev–Trinajstić information content (AvgIpc) is 3.03. The molecule has 0 amide bonds. The molecule has 45 heavy (non-hydrogen) atoms. The quantitative estimate of drug-likeness (QED) is 0.108. The molecule has 13 nitrogen and oxygen atoms in total. The number of hydrogen-bond donors (Lipinski definition) is 6.